The molecule has 1 amide bonds. The number of amides is 1. The first-order valence-corrected chi connectivity index (χ1v) is 8.28. The van der Waals surface area contributed by atoms with Gasteiger partial charge in [-0.3, -0.25) is 4.79 Å². The number of hydrogen-bond donors (Lipinski definition) is 2. The van der Waals surface area contributed by atoms with Crippen molar-refractivity contribution >= 4 is 23.4 Å². The van der Waals surface area contributed by atoms with Crippen LogP contribution in [0.1, 0.15) is 12.7 Å². The number of hydrogen-bond acceptors (Lipinski definition) is 7. The highest BCUT2D eigenvalue weighted by molar-refractivity contribution is 8.00. The average molecular weight is 389 g/mol. The number of fused-ring (bicyclic) bond motifs is 1. The van der Waals surface area contributed by atoms with E-state index < -0.39 is 23.2 Å². The van der Waals surface area contributed by atoms with Gasteiger partial charge < -0.3 is 20.6 Å². The Kier molecular flexibility index (Phi) is 4.85. The second kappa shape index (κ2) is 6.94. The van der Waals surface area contributed by atoms with Crippen LogP contribution >= 0.6 is 11.8 Å². The molecule has 3 N–H and O–H groups in total. The predicted molar refractivity (Wildman–Crippen MR) is 86.6 cm³/mol. The third-order valence-electron chi connectivity index (χ3n) is 3.38. The van der Waals surface area contributed by atoms with Crippen LogP contribution in [0, 0.1) is 0 Å². The first-order chi connectivity index (χ1) is 12.3. The Bertz CT molecular complexity index is 827. The van der Waals surface area contributed by atoms with Crippen LogP contribution in [-0.2, 0) is 11.0 Å². The quantitative estimate of drug-likeness (QED) is 0.608. The minimum atomic E-state index is -4.72. The van der Waals surface area contributed by atoms with Gasteiger partial charge in [0.15, 0.2) is 11.5 Å². The molecule has 140 valence electrons. The number of nitrogen functional groups attached to an aromatic ring is 1. The van der Waals surface area contributed by atoms with Gasteiger partial charge in [0, 0.05) is 11.8 Å². The fourth-order valence-corrected chi connectivity index (χ4v) is 2.90. The Morgan fingerprint density at radius 2 is 2.00 bits per heavy atom. The van der Waals surface area contributed by atoms with E-state index in [9.17, 15) is 18.0 Å². The summed E-state index contributed by atoms with van der Waals surface area (Å²) >= 11 is 0.760. The molecule has 1 atom stereocenters. The van der Waals surface area contributed by atoms with E-state index in [0.29, 0.717) is 35.1 Å². The summed E-state index contributed by atoms with van der Waals surface area (Å²) in [4.78, 5) is 12.3. The third kappa shape index (κ3) is 3.79. The van der Waals surface area contributed by atoms with Crippen LogP contribution in [0.25, 0.3) is 0 Å². The number of benzene rings is 1. The van der Waals surface area contributed by atoms with Gasteiger partial charge in [0.05, 0.1) is 5.25 Å². The minimum absolute atomic E-state index is 0.220. The van der Waals surface area contributed by atoms with E-state index in [2.05, 4.69) is 15.5 Å². The van der Waals surface area contributed by atoms with Gasteiger partial charge in [0.25, 0.3) is 5.82 Å². The number of anilines is 1. The standard InChI is InChI=1S/C14H14F3N5O3S/c1-7(26-13-21-20-12(22(13)18)14(15,16)17)11(23)19-8-2-3-9-10(6-8)25-5-4-24-9/h2-3,6-7H,4-5,18H2,1H3,(H,19,23)/t7-/m0/s1. The van der Waals surface area contributed by atoms with Gasteiger partial charge in [-0.1, -0.05) is 11.8 Å². The number of halogens is 3. The topological polar surface area (TPSA) is 104 Å². The molecule has 2 aromatic rings. The van der Waals surface area contributed by atoms with E-state index in [1.54, 1.807) is 18.2 Å². The Labute approximate surface area is 149 Å². The van der Waals surface area contributed by atoms with Gasteiger partial charge >= 0.3 is 6.18 Å². The van der Waals surface area contributed by atoms with Gasteiger partial charge in [-0.25, -0.2) is 4.68 Å². The molecular formula is C14H14F3N5O3S. The number of nitrogens with zero attached hydrogens (tertiary/aromatic N) is 3. The zero-order valence-corrected chi connectivity index (χ0v) is 14.2. The summed E-state index contributed by atoms with van der Waals surface area (Å²) in [6.07, 6.45) is -4.72. The van der Waals surface area contributed by atoms with Crippen LogP contribution in [-0.4, -0.2) is 39.2 Å². The molecule has 8 nitrogen and oxygen atoms in total. The van der Waals surface area contributed by atoms with Crippen molar-refractivity contribution in [3.8, 4) is 11.5 Å². The molecule has 0 aliphatic carbocycles. The monoisotopic (exact) mass is 389 g/mol. The van der Waals surface area contributed by atoms with Crippen molar-refractivity contribution in [2.24, 2.45) is 0 Å². The lowest BCUT2D eigenvalue weighted by atomic mass is 10.2. The lowest BCUT2D eigenvalue weighted by Gasteiger charge is -2.19. The highest BCUT2D eigenvalue weighted by Gasteiger charge is 2.38. The van der Waals surface area contributed by atoms with Crippen LogP contribution < -0.4 is 20.6 Å². The van der Waals surface area contributed by atoms with Crippen molar-refractivity contribution in [2.75, 3.05) is 24.4 Å². The van der Waals surface area contributed by atoms with E-state index in [4.69, 9.17) is 15.3 Å². The second-order valence-corrected chi connectivity index (χ2v) is 6.59. The SMILES string of the molecule is C[C@H](Sc1nnc(C(F)(F)F)n1N)C(=O)Nc1ccc2c(c1)OCCO2. The summed E-state index contributed by atoms with van der Waals surface area (Å²) < 4.78 is 49.1. The lowest BCUT2D eigenvalue weighted by Crippen LogP contribution is -2.25. The minimum Gasteiger partial charge on any atom is -0.486 e. The molecule has 3 rings (SSSR count). The fraction of sp³-hybridized carbons (Fsp3) is 0.357. The Morgan fingerprint density at radius 3 is 2.65 bits per heavy atom. The normalized spacial score (nSPS) is 14.8. The Hall–Kier alpha value is -2.63. The molecule has 1 aliphatic rings. The van der Waals surface area contributed by atoms with E-state index in [1.807, 2.05) is 0 Å². The van der Waals surface area contributed by atoms with Gasteiger partial charge in [-0.05, 0) is 19.1 Å². The molecule has 12 heteroatoms. The average Bonchev–Trinajstić information content (AvgIpc) is 2.95. The zero-order chi connectivity index (χ0) is 18.9. The smallest absolute Gasteiger partial charge is 0.453 e. The largest absolute Gasteiger partial charge is 0.486 e. The number of rotatable bonds is 4. The molecule has 26 heavy (non-hydrogen) atoms. The molecule has 0 radical (unpaired) electrons. The number of nitrogens with one attached hydrogen (secondary N) is 1. The molecule has 1 aromatic heterocycles. The Morgan fingerprint density at radius 1 is 1.31 bits per heavy atom. The lowest BCUT2D eigenvalue weighted by molar-refractivity contribution is -0.146. The Balaban J connectivity index is 1.66. The number of alkyl halides is 3. The maximum absolute atomic E-state index is 12.7. The van der Waals surface area contributed by atoms with Crippen LogP contribution in [0.2, 0.25) is 0 Å². The van der Waals surface area contributed by atoms with E-state index in [1.165, 1.54) is 6.92 Å². The third-order valence-corrected chi connectivity index (χ3v) is 4.44. The molecular weight excluding hydrogens is 375 g/mol. The van der Waals surface area contributed by atoms with Crippen molar-refractivity contribution in [1.29, 1.82) is 0 Å². The van der Waals surface area contributed by atoms with Crippen molar-refractivity contribution in [2.45, 2.75) is 23.5 Å². The zero-order valence-electron chi connectivity index (χ0n) is 13.4. The molecule has 0 spiro atoms. The summed E-state index contributed by atoms with van der Waals surface area (Å²) in [5, 5.41) is 8.06. The van der Waals surface area contributed by atoms with Crippen molar-refractivity contribution < 1.29 is 27.4 Å². The summed E-state index contributed by atoms with van der Waals surface area (Å²) in [7, 11) is 0. The maximum Gasteiger partial charge on any atom is 0.453 e. The molecule has 0 bridgehead atoms. The van der Waals surface area contributed by atoms with Crippen molar-refractivity contribution in [1.82, 2.24) is 14.9 Å². The highest BCUT2D eigenvalue weighted by atomic mass is 32.2. The highest BCUT2D eigenvalue weighted by Crippen LogP contribution is 2.33. The maximum atomic E-state index is 12.7. The van der Waals surface area contributed by atoms with Crippen molar-refractivity contribution in [3.63, 3.8) is 0 Å². The molecule has 0 saturated carbocycles. The van der Waals surface area contributed by atoms with E-state index in [0.717, 1.165) is 11.8 Å². The van der Waals surface area contributed by atoms with Crippen molar-refractivity contribution in [3.05, 3.63) is 24.0 Å². The first-order valence-electron chi connectivity index (χ1n) is 7.40. The van der Waals surface area contributed by atoms with Gasteiger partial charge in [-0.15, -0.1) is 10.2 Å². The number of ether oxygens (including phenoxy) is 2. The van der Waals surface area contributed by atoms with Crippen LogP contribution in [0.4, 0.5) is 18.9 Å². The molecule has 2 heterocycles. The van der Waals surface area contributed by atoms with Gasteiger partial charge in [0.2, 0.25) is 11.1 Å². The van der Waals surface area contributed by atoms with Gasteiger partial charge in [0.1, 0.15) is 13.2 Å². The predicted octanol–water partition coefficient (Wildman–Crippen LogP) is 1.90. The molecule has 0 fully saturated rings. The summed E-state index contributed by atoms with van der Waals surface area (Å²) in [6.45, 7) is 2.37. The molecule has 1 aliphatic heterocycles. The number of thioether (sulfide) groups is 1. The fourth-order valence-electron chi connectivity index (χ4n) is 2.13. The number of carbonyl (C=O) groups is 1. The summed E-state index contributed by atoms with van der Waals surface area (Å²) in [5.41, 5.74) is 0.469. The van der Waals surface area contributed by atoms with Gasteiger partial charge in [-0.2, -0.15) is 13.2 Å². The number of nitrogens with two attached hydrogens (primary N) is 1. The molecule has 1 aromatic carbocycles. The number of aromatic nitrogens is 3. The number of carbonyl (C=O) groups excluding carboxylic acids is 1. The summed E-state index contributed by atoms with van der Waals surface area (Å²) in [5.74, 6) is 4.66. The van der Waals surface area contributed by atoms with E-state index in [-0.39, 0.29) is 5.16 Å². The first kappa shape index (κ1) is 18.2. The van der Waals surface area contributed by atoms with E-state index >= 15 is 0 Å². The molecule has 0 unspecified atom stereocenters. The molecule has 0 saturated heterocycles. The van der Waals surface area contributed by atoms with Crippen LogP contribution in [0.5, 0.6) is 11.5 Å². The van der Waals surface area contributed by atoms with Crippen LogP contribution in [0.3, 0.4) is 0 Å². The second-order valence-electron chi connectivity index (χ2n) is 5.28. The van der Waals surface area contributed by atoms with Crippen LogP contribution in [0.15, 0.2) is 23.4 Å². The summed E-state index contributed by atoms with van der Waals surface area (Å²) in [6, 6.07) is 4.90.